The number of anilines is 1. The van der Waals surface area contributed by atoms with Gasteiger partial charge in [0.05, 0.1) is 22.0 Å². The van der Waals surface area contributed by atoms with Crippen LogP contribution in [0.25, 0.3) is 0 Å². The average Bonchev–Trinajstić information content (AvgIpc) is 3.17. The van der Waals surface area contributed by atoms with E-state index in [-0.39, 0.29) is 23.1 Å². The highest BCUT2D eigenvalue weighted by Gasteiger charge is 2.31. The monoisotopic (exact) mass is 532 g/mol. The van der Waals surface area contributed by atoms with E-state index in [9.17, 15) is 18.0 Å². The fourth-order valence-corrected chi connectivity index (χ4v) is 4.20. The summed E-state index contributed by atoms with van der Waals surface area (Å²) in [7, 11) is 0. The smallest absolute Gasteiger partial charge is 0.416 e. The van der Waals surface area contributed by atoms with Gasteiger partial charge in [0.2, 0.25) is 5.91 Å². The second-order valence-corrected chi connectivity index (χ2v) is 9.06. The van der Waals surface area contributed by atoms with Crippen LogP contribution >= 0.6 is 35.0 Å². The maximum absolute atomic E-state index is 12.9. The summed E-state index contributed by atoms with van der Waals surface area (Å²) in [5, 5.41) is 11.8. The number of aromatic nitrogens is 3. The highest BCUT2D eigenvalue weighted by atomic mass is 35.5. The minimum Gasteiger partial charge on any atom is -0.486 e. The van der Waals surface area contributed by atoms with Gasteiger partial charge in [0.25, 0.3) is 0 Å². The number of carbonyl (C=O) groups excluding carboxylic acids is 1. The zero-order chi connectivity index (χ0) is 25.0. The van der Waals surface area contributed by atoms with E-state index in [4.69, 9.17) is 27.9 Å². The van der Waals surface area contributed by atoms with E-state index >= 15 is 0 Å². The topological polar surface area (TPSA) is 69.0 Å². The van der Waals surface area contributed by atoms with Gasteiger partial charge in [0, 0.05) is 11.6 Å². The lowest BCUT2D eigenvalue weighted by Gasteiger charge is -2.12. The van der Waals surface area contributed by atoms with Crippen LogP contribution in [-0.4, -0.2) is 26.4 Å². The molecule has 1 heterocycles. The Morgan fingerprint density at radius 3 is 2.44 bits per heavy atom. The SMILES string of the molecule is CCn1c(COc2cc(C)c(Cl)c(C)c2)nnc1SCC(=O)Nc1cc(C(F)(F)F)ccc1Cl. The van der Waals surface area contributed by atoms with Crippen molar-refractivity contribution in [3.63, 3.8) is 0 Å². The Labute approximate surface area is 208 Å². The van der Waals surface area contributed by atoms with Crippen molar-refractivity contribution in [1.29, 1.82) is 0 Å². The van der Waals surface area contributed by atoms with Crippen LogP contribution < -0.4 is 10.1 Å². The first-order valence-corrected chi connectivity index (χ1v) is 11.8. The average molecular weight is 533 g/mol. The molecule has 12 heteroatoms. The molecule has 34 heavy (non-hydrogen) atoms. The van der Waals surface area contributed by atoms with Gasteiger partial charge in [-0.1, -0.05) is 35.0 Å². The molecule has 0 aliphatic heterocycles. The van der Waals surface area contributed by atoms with Crippen LogP contribution in [0.15, 0.2) is 35.5 Å². The number of alkyl halides is 3. The van der Waals surface area contributed by atoms with Crippen LogP contribution in [0.1, 0.15) is 29.4 Å². The first kappa shape index (κ1) is 26.2. The molecule has 0 unspecified atom stereocenters. The van der Waals surface area contributed by atoms with Crippen LogP contribution in [0.5, 0.6) is 5.75 Å². The highest BCUT2D eigenvalue weighted by molar-refractivity contribution is 7.99. The van der Waals surface area contributed by atoms with Gasteiger partial charge < -0.3 is 14.6 Å². The maximum atomic E-state index is 12.9. The van der Waals surface area contributed by atoms with Crippen molar-refractivity contribution >= 4 is 46.6 Å². The predicted octanol–water partition coefficient (Wildman–Crippen LogP) is 6.55. The largest absolute Gasteiger partial charge is 0.486 e. The lowest BCUT2D eigenvalue weighted by Crippen LogP contribution is -2.16. The number of nitrogens with one attached hydrogen (secondary N) is 1. The molecule has 0 bridgehead atoms. The van der Waals surface area contributed by atoms with Crippen LogP contribution in [0.4, 0.5) is 18.9 Å². The van der Waals surface area contributed by atoms with Crippen LogP contribution in [0, 0.1) is 13.8 Å². The molecule has 1 N–H and O–H groups in total. The van der Waals surface area contributed by atoms with Gasteiger partial charge in [-0.15, -0.1) is 10.2 Å². The molecule has 3 aromatic rings. The van der Waals surface area contributed by atoms with Gasteiger partial charge in [-0.05, 0) is 62.2 Å². The van der Waals surface area contributed by atoms with Crippen LogP contribution in [0.2, 0.25) is 10.0 Å². The number of hydrogen-bond acceptors (Lipinski definition) is 5. The molecule has 1 amide bonds. The van der Waals surface area contributed by atoms with Crippen molar-refractivity contribution in [2.75, 3.05) is 11.1 Å². The van der Waals surface area contributed by atoms with Gasteiger partial charge in [-0.2, -0.15) is 13.2 Å². The summed E-state index contributed by atoms with van der Waals surface area (Å²) < 4.78 is 46.4. The molecule has 0 saturated carbocycles. The highest BCUT2D eigenvalue weighted by Crippen LogP contribution is 2.34. The number of nitrogens with zero attached hydrogens (tertiary/aromatic N) is 3. The number of amides is 1. The summed E-state index contributed by atoms with van der Waals surface area (Å²) in [4.78, 5) is 12.3. The Morgan fingerprint density at radius 2 is 1.82 bits per heavy atom. The number of benzene rings is 2. The van der Waals surface area contributed by atoms with E-state index in [0.29, 0.717) is 28.3 Å². The number of carbonyl (C=O) groups is 1. The second kappa shape index (κ2) is 10.9. The summed E-state index contributed by atoms with van der Waals surface area (Å²) in [6, 6.07) is 6.42. The molecule has 0 aliphatic carbocycles. The van der Waals surface area contributed by atoms with Gasteiger partial charge in [0.1, 0.15) is 12.4 Å². The minimum atomic E-state index is -4.54. The third-order valence-corrected chi connectivity index (χ3v) is 6.68. The molecule has 0 fully saturated rings. The lowest BCUT2D eigenvalue weighted by atomic mass is 10.1. The molecule has 182 valence electrons. The number of aryl methyl sites for hydroxylation is 2. The van der Waals surface area contributed by atoms with E-state index in [1.807, 2.05) is 32.9 Å². The van der Waals surface area contributed by atoms with E-state index in [1.54, 1.807) is 4.57 Å². The van der Waals surface area contributed by atoms with Crippen molar-refractivity contribution in [3.8, 4) is 5.75 Å². The number of rotatable bonds is 8. The van der Waals surface area contributed by atoms with Gasteiger partial charge in [-0.3, -0.25) is 4.79 Å². The number of hydrogen-bond donors (Lipinski definition) is 1. The summed E-state index contributed by atoms with van der Waals surface area (Å²) in [5.74, 6) is 0.594. The fraction of sp³-hybridized carbons (Fsp3) is 0.318. The predicted molar refractivity (Wildman–Crippen MR) is 127 cm³/mol. The number of ether oxygens (including phenoxy) is 1. The normalized spacial score (nSPS) is 11.5. The number of thioether (sulfide) groups is 1. The maximum Gasteiger partial charge on any atom is 0.416 e. The molecule has 0 spiro atoms. The lowest BCUT2D eigenvalue weighted by molar-refractivity contribution is -0.137. The van der Waals surface area contributed by atoms with E-state index in [2.05, 4.69) is 15.5 Å². The molecule has 0 aliphatic rings. The van der Waals surface area contributed by atoms with Crippen LogP contribution in [-0.2, 0) is 24.1 Å². The Morgan fingerprint density at radius 1 is 1.15 bits per heavy atom. The zero-order valence-corrected chi connectivity index (χ0v) is 20.8. The molecular weight excluding hydrogens is 512 g/mol. The van der Waals surface area contributed by atoms with Crippen LogP contribution in [0.3, 0.4) is 0 Å². The van der Waals surface area contributed by atoms with Crippen molar-refractivity contribution in [1.82, 2.24) is 14.8 Å². The number of halogens is 5. The summed E-state index contributed by atoms with van der Waals surface area (Å²) >= 11 is 13.2. The first-order valence-electron chi connectivity index (χ1n) is 10.1. The third-order valence-electron chi connectivity index (χ3n) is 4.79. The van der Waals surface area contributed by atoms with E-state index in [0.717, 1.165) is 41.1 Å². The molecule has 0 radical (unpaired) electrons. The second-order valence-electron chi connectivity index (χ2n) is 7.33. The molecule has 1 aromatic heterocycles. The van der Waals surface area contributed by atoms with Crippen molar-refractivity contribution in [2.45, 2.75) is 45.3 Å². The summed E-state index contributed by atoms with van der Waals surface area (Å²) in [5.41, 5.74) is 0.788. The van der Waals surface area contributed by atoms with Gasteiger partial charge in [0.15, 0.2) is 11.0 Å². The molecule has 6 nitrogen and oxygen atoms in total. The van der Waals surface area contributed by atoms with Crippen molar-refractivity contribution in [3.05, 3.63) is 62.9 Å². The zero-order valence-electron chi connectivity index (χ0n) is 18.5. The van der Waals surface area contributed by atoms with Gasteiger partial charge in [-0.25, -0.2) is 0 Å². The first-order chi connectivity index (χ1) is 16.0. The molecule has 3 rings (SSSR count). The Kier molecular flexibility index (Phi) is 8.38. The molecule has 0 saturated heterocycles. The minimum absolute atomic E-state index is 0.00943. The summed E-state index contributed by atoms with van der Waals surface area (Å²) in [6.07, 6.45) is -4.54. The molecule has 2 aromatic carbocycles. The Hall–Kier alpha value is -2.43. The van der Waals surface area contributed by atoms with E-state index < -0.39 is 17.6 Å². The summed E-state index contributed by atoms with van der Waals surface area (Å²) in [6.45, 7) is 6.38. The van der Waals surface area contributed by atoms with Crippen molar-refractivity contribution < 1.29 is 22.7 Å². The Bertz CT molecular complexity index is 1180. The quantitative estimate of drug-likeness (QED) is 0.333. The van der Waals surface area contributed by atoms with E-state index in [1.165, 1.54) is 0 Å². The van der Waals surface area contributed by atoms with Crippen molar-refractivity contribution in [2.24, 2.45) is 0 Å². The molecule has 0 atom stereocenters. The fourth-order valence-electron chi connectivity index (χ4n) is 3.10. The standard InChI is InChI=1S/C22H21Cl2F3N4O2S/c1-4-31-18(10-33-15-7-12(2)20(24)13(3)8-15)29-30-21(31)34-11-19(32)28-17-9-14(22(25,26)27)5-6-16(17)23/h5-9H,4,10-11H2,1-3H3,(H,28,32). The Balaban J connectivity index is 1.63. The molecular formula is C22H21Cl2F3N4O2S. The van der Waals surface area contributed by atoms with Gasteiger partial charge >= 0.3 is 6.18 Å². The third kappa shape index (κ3) is 6.37.